The van der Waals surface area contributed by atoms with Crippen molar-refractivity contribution in [2.75, 3.05) is 62.6 Å². The standard InChI is InChI=1S/C35H43N9O3Si/c1-48(2,3)20-19-47-25-44-32-10-7-28(21-30(32)31(22-36)40-44)39-35(46)27-11-14-41(23-27)24-33(45)43-17-15-42(16-18-43)29-8-5-26(6-9-29)34-37-12-4-13-38-34/h4-10,12-13,21,27H,11,14-20,23-25H2,1-3H3,(H,39,46). The zero-order valence-electron chi connectivity index (χ0n) is 27.9. The van der Waals surface area contributed by atoms with Gasteiger partial charge < -0.3 is 19.9 Å². The third-order valence-electron chi connectivity index (χ3n) is 9.02. The van der Waals surface area contributed by atoms with Gasteiger partial charge in [-0.05, 0) is 67.5 Å². The van der Waals surface area contributed by atoms with Crippen molar-refractivity contribution in [3.63, 3.8) is 0 Å². The number of piperazine rings is 1. The fourth-order valence-corrected chi connectivity index (χ4v) is 6.93. The molecule has 0 spiro atoms. The van der Waals surface area contributed by atoms with E-state index in [4.69, 9.17) is 4.74 Å². The minimum Gasteiger partial charge on any atom is -0.368 e. The molecule has 0 radical (unpaired) electrons. The van der Waals surface area contributed by atoms with Crippen molar-refractivity contribution in [1.82, 2.24) is 29.5 Å². The molecule has 13 heteroatoms. The average Bonchev–Trinajstić information content (AvgIpc) is 3.71. The highest BCUT2D eigenvalue weighted by molar-refractivity contribution is 6.76. The van der Waals surface area contributed by atoms with Crippen LogP contribution >= 0.6 is 0 Å². The normalized spacial score (nSPS) is 17.1. The quantitative estimate of drug-likeness (QED) is 0.184. The van der Waals surface area contributed by atoms with E-state index < -0.39 is 8.07 Å². The van der Waals surface area contributed by atoms with Crippen molar-refractivity contribution in [1.29, 1.82) is 5.26 Å². The van der Waals surface area contributed by atoms with E-state index in [1.165, 1.54) is 0 Å². The summed E-state index contributed by atoms with van der Waals surface area (Å²) in [6.45, 7) is 12.3. The predicted octanol–water partition coefficient (Wildman–Crippen LogP) is 4.29. The molecule has 4 heterocycles. The van der Waals surface area contributed by atoms with Crippen molar-refractivity contribution in [2.24, 2.45) is 5.92 Å². The summed E-state index contributed by atoms with van der Waals surface area (Å²) in [5.74, 6) is 0.508. The molecule has 12 nitrogen and oxygen atoms in total. The smallest absolute Gasteiger partial charge is 0.236 e. The van der Waals surface area contributed by atoms with E-state index in [-0.39, 0.29) is 24.5 Å². The fraction of sp³-hybridized carbons (Fsp3) is 0.429. The van der Waals surface area contributed by atoms with Crippen molar-refractivity contribution in [3.8, 4) is 17.5 Å². The first-order chi connectivity index (χ1) is 23.2. The lowest BCUT2D eigenvalue weighted by atomic mass is 10.1. The maximum Gasteiger partial charge on any atom is 0.236 e. The number of nitriles is 1. The van der Waals surface area contributed by atoms with Gasteiger partial charge in [0.15, 0.2) is 11.5 Å². The molecule has 2 saturated heterocycles. The van der Waals surface area contributed by atoms with Crippen LogP contribution in [-0.4, -0.2) is 102 Å². The Labute approximate surface area is 282 Å². The maximum absolute atomic E-state index is 13.2. The van der Waals surface area contributed by atoms with Crippen LogP contribution in [0.4, 0.5) is 11.4 Å². The molecule has 1 N–H and O–H groups in total. The van der Waals surface area contributed by atoms with E-state index in [1.807, 2.05) is 29.2 Å². The number of rotatable bonds is 11. The molecular formula is C35H43N9O3Si. The number of nitrogens with one attached hydrogen (secondary N) is 1. The number of amides is 2. The van der Waals surface area contributed by atoms with Crippen molar-refractivity contribution < 1.29 is 14.3 Å². The van der Waals surface area contributed by atoms with E-state index in [0.29, 0.717) is 68.3 Å². The number of carbonyl (C=O) groups is 2. The Hall–Kier alpha value is -4.64. The number of carbonyl (C=O) groups excluding carboxylic acids is 2. The number of hydrogen-bond acceptors (Lipinski definition) is 9. The topological polar surface area (TPSA) is 133 Å². The molecule has 2 aromatic heterocycles. The Balaban J connectivity index is 0.965. The van der Waals surface area contributed by atoms with Gasteiger partial charge in [-0.2, -0.15) is 10.4 Å². The van der Waals surface area contributed by atoms with E-state index in [2.05, 4.69) is 68.0 Å². The first kappa shape index (κ1) is 33.3. The Morgan fingerprint density at radius 1 is 1.02 bits per heavy atom. The summed E-state index contributed by atoms with van der Waals surface area (Å²) in [6.07, 6.45) is 4.17. The molecule has 1 unspecified atom stereocenters. The Morgan fingerprint density at radius 2 is 1.77 bits per heavy atom. The lowest BCUT2D eigenvalue weighted by Gasteiger charge is -2.36. The van der Waals surface area contributed by atoms with Gasteiger partial charge in [0.05, 0.1) is 18.0 Å². The SMILES string of the molecule is C[Si](C)(C)CCOCn1nc(C#N)c2cc(NC(=O)C3CCN(CC(=O)N4CCN(c5ccc(-c6ncccn6)cc5)CC4)C3)ccc21. The van der Waals surface area contributed by atoms with E-state index >= 15 is 0 Å². The number of benzene rings is 2. The Kier molecular flexibility index (Phi) is 10.1. The van der Waals surface area contributed by atoms with E-state index in [0.717, 1.165) is 35.9 Å². The number of nitrogens with zero attached hydrogens (tertiary/aromatic N) is 8. The van der Waals surface area contributed by atoms with Gasteiger partial charge in [0.2, 0.25) is 11.8 Å². The molecule has 0 bridgehead atoms. The molecule has 2 aromatic carbocycles. The van der Waals surface area contributed by atoms with Crippen LogP contribution in [-0.2, 0) is 21.1 Å². The molecule has 2 aliphatic heterocycles. The van der Waals surface area contributed by atoms with Crippen LogP contribution in [0, 0.1) is 17.2 Å². The van der Waals surface area contributed by atoms with Gasteiger partial charge in [0, 0.05) is 82.1 Å². The van der Waals surface area contributed by atoms with Crippen LogP contribution in [0.15, 0.2) is 60.9 Å². The second-order valence-electron chi connectivity index (χ2n) is 13.7. The van der Waals surface area contributed by atoms with Crippen molar-refractivity contribution >= 4 is 42.2 Å². The summed E-state index contributed by atoms with van der Waals surface area (Å²) in [5.41, 5.74) is 3.81. The van der Waals surface area contributed by atoms with Gasteiger partial charge in [-0.15, -0.1) is 0 Å². The van der Waals surface area contributed by atoms with Crippen LogP contribution < -0.4 is 10.2 Å². The van der Waals surface area contributed by atoms with Crippen molar-refractivity contribution in [2.45, 2.75) is 38.8 Å². The minimum atomic E-state index is -1.20. The molecule has 48 heavy (non-hydrogen) atoms. The van der Waals surface area contributed by atoms with Crippen molar-refractivity contribution in [3.05, 3.63) is 66.6 Å². The summed E-state index contributed by atoms with van der Waals surface area (Å²) in [6, 6.07) is 18.8. The third-order valence-corrected chi connectivity index (χ3v) is 10.7. The van der Waals surface area contributed by atoms with Gasteiger partial charge >= 0.3 is 0 Å². The first-order valence-corrected chi connectivity index (χ1v) is 20.3. The zero-order valence-corrected chi connectivity index (χ0v) is 28.9. The lowest BCUT2D eigenvalue weighted by molar-refractivity contribution is -0.132. The molecule has 1 atom stereocenters. The molecule has 0 aliphatic carbocycles. The summed E-state index contributed by atoms with van der Waals surface area (Å²) in [5, 5.41) is 17.8. The molecular weight excluding hydrogens is 623 g/mol. The first-order valence-electron chi connectivity index (χ1n) is 16.6. The monoisotopic (exact) mass is 665 g/mol. The lowest BCUT2D eigenvalue weighted by Crippen LogP contribution is -2.51. The number of ether oxygens (including phenoxy) is 1. The number of hydrogen-bond donors (Lipinski definition) is 1. The highest BCUT2D eigenvalue weighted by atomic mass is 28.3. The van der Waals surface area contributed by atoms with Gasteiger partial charge in [-0.1, -0.05) is 19.6 Å². The zero-order chi connectivity index (χ0) is 33.7. The summed E-state index contributed by atoms with van der Waals surface area (Å²) >= 11 is 0. The van der Waals surface area contributed by atoms with Crippen LogP contribution in [0.3, 0.4) is 0 Å². The molecule has 2 amide bonds. The van der Waals surface area contributed by atoms with Gasteiger partial charge in [0.25, 0.3) is 0 Å². The van der Waals surface area contributed by atoms with E-state index in [1.54, 1.807) is 29.2 Å². The highest BCUT2D eigenvalue weighted by Gasteiger charge is 2.31. The van der Waals surface area contributed by atoms with E-state index in [9.17, 15) is 14.9 Å². The molecule has 0 saturated carbocycles. The summed E-state index contributed by atoms with van der Waals surface area (Å²) in [7, 11) is -1.20. The highest BCUT2D eigenvalue weighted by Crippen LogP contribution is 2.26. The number of anilines is 2. The fourth-order valence-electron chi connectivity index (χ4n) is 6.18. The van der Waals surface area contributed by atoms with Gasteiger partial charge in [0.1, 0.15) is 12.8 Å². The molecule has 2 aliphatic rings. The van der Waals surface area contributed by atoms with Crippen LogP contribution in [0.1, 0.15) is 12.1 Å². The largest absolute Gasteiger partial charge is 0.368 e. The number of aromatic nitrogens is 4. The average molecular weight is 666 g/mol. The molecule has 250 valence electrons. The van der Waals surface area contributed by atoms with Gasteiger partial charge in [-0.3, -0.25) is 14.5 Å². The minimum absolute atomic E-state index is 0.0802. The molecule has 4 aromatic rings. The van der Waals surface area contributed by atoms with Crippen LogP contribution in [0.2, 0.25) is 25.7 Å². The van der Waals surface area contributed by atoms with Crippen LogP contribution in [0.5, 0.6) is 0 Å². The predicted molar refractivity (Wildman–Crippen MR) is 188 cm³/mol. The molecule has 6 rings (SSSR count). The number of fused-ring (bicyclic) bond motifs is 1. The van der Waals surface area contributed by atoms with Crippen LogP contribution in [0.25, 0.3) is 22.3 Å². The maximum atomic E-state index is 13.2. The molecule has 2 fully saturated rings. The summed E-state index contributed by atoms with van der Waals surface area (Å²) < 4.78 is 7.56. The second-order valence-corrected chi connectivity index (χ2v) is 19.4. The van der Waals surface area contributed by atoms with Gasteiger partial charge in [-0.25, -0.2) is 14.6 Å². The Morgan fingerprint density at radius 3 is 2.48 bits per heavy atom. The third kappa shape index (κ3) is 8.07. The second kappa shape index (κ2) is 14.6. The number of likely N-dealkylation sites (tertiary alicyclic amines) is 1. The summed E-state index contributed by atoms with van der Waals surface area (Å²) in [4.78, 5) is 41.3. The Bertz CT molecular complexity index is 1780.